The molecular weight excluding hydrogens is 256 g/mol. The van der Waals surface area contributed by atoms with Crippen molar-refractivity contribution in [2.45, 2.75) is 25.4 Å². The molecule has 0 spiro atoms. The normalized spacial score (nSPS) is 16.4. The highest BCUT2D eigenvalue weighted by Gasteiger charge is 2.16. The maximum atomic E-state index is 12.1. The molecule has 1 fully saturated rings. The van der Waals surface area contributed by atoms with E-state index >= 15 is 0 Å². The fourth-order valence-electron chi connectivity index (χ4n) is 2.65. The number of para-hydroxylation sites is 2. The van der Waals surface area contributed by atoms with Crippen LogP contribution in [0.4, 0.5) is 0 Å². The molecule has 1 amide bonds. The summed E-state index contributed by atoms with van der Waals surface area (Å²) in [5.74, 6) is -0.108. The quantitative estimate of drug-likeness (QED) is 0.748. The Morgan fingerprint density at radius 3 is 2.85 bits per heavy atom. The number of nitrogens with one attached hydrogen (secondary N) is 3. The van der Waals surface area contributed by atoms with E-state index in [1.807, 2.05) is 24.3 Å². The van der Waals surface area contributed by atoms with E-state index in [1.165, 1.54) is 4.57 Å². The van der Waals surface area contributed by atoms with Crippen LogP contribution in [0.2, 0.25) is 0 Å². The van der Waals surface area contributed by atoms with Crippen molar-refractivity contribution in [2.75, 3.05) is 13.1 Å². The lowest BCUT2D eigenvalue weighted by Crippen LogP contribution is -2.44. The second-order valence-electron chi connectivity index (χ2n) is 5.13. The third kappa shape index (κ3) is 2.60. The van der Waals surface area contributed by atoms with Gasteiger partial charge < -0.3 is 15.6 Å². The molecule has 0 atom stereocenters. The average Bonchev–Trinajstić information content (AvgIpc) is 2.76. The van der Waals surface area contributed by atoms with Crippen molar-refractivity contribution in [1.82, 2.24) is 20.2 Å². The number of hydrogen-bond acceptors (Lipinski definition) is 3. The molecule has 3 rings (SSSR count). The highest BCUT2D eigenvalue weighted by Crippen LogP contribution is 2.09. The molecule has 3 N–H and O–H groups in total. The molecule has 0 bridgehead atoms. The van der Waals surface area contributed by atoms with Gasteiger partial charge in [-0.1, -0.05) is 12.1 Å². The fourth-order valence-corrected chi connectivity index (χ4v) is 2.65. The van der Waals surface area contributed by atoms with Gasteiger partial charge in [-0.2, -0.15) is 0 Å². The molecule has 1 aliphatic rings. The van der Waals surface area contributed by atoms with E-state index in [2.05, 4.69) is 15.6 Å². The molecular formula is C14H18N4O2. The fraction of sp³-hybridized carbons (Fsp3) is 0.429. The lowest BCUT2D eigenvalue weighted by Gasteiger charge is -2.23. The summed E-state index contributed by atoms with van der Waals surface area (Å²) in [7, 11) is 0. The Morgan fingerprint density at radius 1 is 1.30 bits per heavy atom. The molecule has 1 aromatic heterocycles. The number of hydrogen-bond donors (Lipinski definition) is 3. The van der Waals surface area contributed by atoms with Crippen LogP contribution in [0, 0.1) is 0 Å². The first-order chi connectivity index (χ1) is 9.74. The van der Waals surface area contributed by atoms with Gasteiger partial charge in [-0.05, 0) is 38.1 Å². The van der Waals surface area contributed by atoms with Gasteiger partial charge in [0.1, 0.15) is 6.54 Å². The average molecular weight is 274 g/mol. The van der Waals surface area contributed by atoms with Gasteiger partial charge in [-0.3, -0.25) is 9.36 Å². The SMILES string of the molecule is O=C(Cn1c(=O)[nH]c2ccccc21)NC1CCNCC1. The smallest absolute Gasteiger partial charge is 0.326 e. The molecule has 0 radical (unpaired) electrons. The topological polar surface area (TPSA) is 78.9 Å². The number of amides is 1. The Labute approximate surface area is 116 Å². The molecule has 1 aromatic carbocycles. The van der Waals surface area contributed by atoms with Crippen molar-refractivity contribution in [3.63, 3.8) is 0 Å². The number of imidazole rings is 1. The van der Waals surface area contributed by atoms with E-state index < -0.39 is 0 Å². The van der Waals surface area contributed by atoms with Crippen LogP contribution < -0.4 is 16.3 Å². The van der Waals surface area contributed by atoms with E-state index in [0.29, 0.717) is 0 Å². The van der Waals surface area contributed by atoms with Crippen LogP contribution in [0.1, 0.15) is 12.8 Å². The van der Waals surface area contributed by atoms with Crippen LogP contribution in [0.25, 0.3) is 11.0 Å². The molecule has 106 valence electrons. The number of rotatable bonds is 3. The summed E-state index contributed by atoms with van der Waals surface area (Å²) in [4.78, 5) is 26.7. The van der Waals surface area contributed by atoms with Crippen LogP contribution in [0.5, 0.6) is 0 Å². The lowest BCUT2D eigenvalue weighted by molar-refractivity contribution is -0.122. The van der Waals surface area contributed by atoms with E-state index in [0.717, 1.165) is 37.0 Å². The van der Waals surface area contributed by atoms with Crippen LogP contribution in [-0.2, 0) is 11.3 Å². The van der Waals surface area contributed by atoms with Crippen molar-refractivity contribution in [3.8, 4) is 0 Å². The van der Waals surface area contributed by atoms with Gasteiger partial charge in [0.05, 0.1) is 11.0 Å². The summed E-state index contributed by atoms with van der Waals surface area (Å²) >= 11 is 0. The largest absolute Gasteiger partial charge is 0.352 e. The van der Waals surface area contributed by atoms with Crippen LogP contribution >= 0.6 is 0 Å². The first kappa shape index (κ1) is 12.9. The molecule has 1 saturated heterocycles. The van der Waals surface area contributed by atoms with E-state index in [9.17, 15) is 9.59 Å². The minimum Gasteiger partial charge on any atom is -0.352 e. The standard InChI is InChI=1S/C14H18N4O2/c19-13(16-10-5-7-15-8-6-10)9-18-12-4-2-1-3-11(12)17-14(18)20/h1-4,10,15H,5-9H2,(H,16,19)(H,17,20). The number of carbonyl (C=O) groups is 1. The van der Waals surface area contributed by atoms with Crippen molar-refractivity contribution >= 4 is 16.9 Å². The molecule has 0 saturated carbocycles. The second-order valence-corrected chi connectivity index (χ2v) is 5.13. The van der Waals surface area contributed by atoms with Gasteiger partial charge in [-0.15, -0.1) is 0 Å². The Hall–Kier alpha value is -2.08. The van der Waals surface area contributed by atoms with Gasteiger partial charge in [0.2, 0.25) is 5.91 Å². The molecule has 2 aromatic rings. The number of carbonyl (C=O) groups excluding carboxylic acids is 1. The Balaban J connectivity index is 1.74. The Bertz CT molecular complexity index is 667. The zero-order chi connectivity index (χ0) is 13.9. The van der Waals surface area contributed by atoms with Gasteiger partial charge in [0.25, 0.3) is 0 Å². The summed E-state index contributed by atoms with van der Waals surface area (Å²) in [6.45, 7) is 1.92. The van der Waals surface area contributed by atoms with Gasteiger partial charge in [0, 0.05) is 6.04 Å². The zero-order valence-corrected chi connectivity index (χ0v) is 11.2. The number of piperidine rings is 1. The number of aromatic amines is 1. The Kier molecular flexibility index (Phi) is 3.56. The highest BCUT2D eigenvalue weighted by molar-refractivity contribution is 5.80. The molecule has 0 aliphatic carbocycles. The van der Waals surface area contributed by atoms with E-state index in [-0.39, 0.29) is 24.2 Å². The van der Waals surface area contributed by atoms with E-state index in [1.54, 1.807) is 0 Å². The third-order valence-electron chi connectivity index (χ3n) is 3.69. The summed E-state index contributed by atoms with van der Waals surface area (Å²) in [5, 5.41) is 6.25. The summed E-state index contributed by atoms with van der Waals surface area (Å²) in [6, 6.07) is 7.60. The monoisotopic (exact) mass is 274 g/mol. The van der Waals surface area contributed by atoms with Crippen LogP contribution in [-0.4, -0.2) is 34.6 Å². The summed E-state index contributed by atoms with van der Waals surface area (Å²) in [6.07, 6.45) is 1.88. The van der Waals surface area contributed by atoms with Crippen LogP contribution in [0.15, 0.2) is 29.1 Å². The molecule has 6 nitrogen and oxygen atoms in total. The summed E-state index contributed by atoms with van der Waals surface area (Å²) < 4.78 is 1.48. The Morgan fingerprint density at radius 2 is 2.05 bits per heavy atom. The highest BCUT2D eigenvalue weighted by atomic mass is 16.2. The predicted octanol–water partition coefficient (Wildman–Crippen LogP) is 0.198. The van der Waals surface area contributed by atoms with Crippen LogP contribution in [0.3, 0.4) is 0 Å². The number of benzene rings is 1. The summed E-state index contributed by atoms with van der Waals surface area (Å²) in [5.41, 5.74) is 1.27. The van der Waals surface area contributed by atoms with Crippen molar-refractivity contribution in [3.05, 3.63) is 34.7 Å². The van der Waals surface area contributed by atoms with Gasteiger partial charge in [-0.25, -0.2) is 4.79 Å². The molecule has 6 heteroatoms. The second kappa shape index (κ2) is 5.50. The number of H-pyrrole nitrogens is 1. The first-order valence-corrected chi connectivity index (χ1v) is 6.91. The van der Waals surface area contributed by atoms with E-state index in [4.69, 9.17) is 0 Å². The van der Waals surface area contributed by atoms with Crippen molar-refractivity contribution in [2.24, 2.45) is 0 Å². The van der Waals surface area contributed by atoms with Crippen molar-refractivity contribution in [1.29, 1.82) is 0 Å². The lowest BCUT2D eigenvalue weighted by atomic mass is 10.1. The van der Waals surface area contributed by atoms with Crippen molar-refractivity contribution < 1.29 is 4.79 Å². The molecule has 2 heterocycles. The third-order valence-corrected chi connectivity index (χ3v) is 3.69. The number of fused-ring (bicyclic) bond motifs is 1. The molecule has 1 aliphatic heterocycles. The molecule has 0 unspecified atom stereocenters. The molecule has 20 heavy (non-hydrogen) atoms. The maximum Gasteiger partial charge on any atom is 0.326 e. The number of nitrogens with zero attached hydrogens (tertiary/aromatic N) is 1. The minimum atomic E-state index is -0.244. The predicted molar refractivity (Wildman–Crippen MR) is 76.6 cm³/mol. The number of aromatic nitrogens is 2. The first-order valence-electron chi connectivity index (χ1n) is 6.91. The van der Waals surface area contributed by atoms with Gasteiger partial charge in [0.15, 0.2) is 0 Å². The van der Waals surface area contributed by atoms with Gasteiger partial charge >= 0.3 is 5.69 Å². The maximum absolute atomic E-state index is 12.1. The zero-order valence-electron chi connectivity index (χ0n) is 11.2. The minimum absolute atomic E-state index is 0.0623.